The Labute approximate surface area is 108 Å². The lowest BCUT2D eigenvalue weighted by molar-refractivity contribution is 0.240. The first-order valence-corrected chi connectivity index (χ1v) is 6.34. The molecule has 0 heterocycles. The lowest BCUT2D eigenvalue weighted by Gasteiger charge is -2.09. The van der Waals surface area contributed by atoms with Crippen LogP contribution in [0.1, 0.15) is 25.8 Å². The van der Waals surface area contributed by atoms with Crippen LogP contribution in [0.25, 0.3) is 0 Å². The molecular formula is C14H21FN2O. The summed E-state index contributed by atoms with van der Waals surface area (Å²) in [5.41, 5.74) is 0.887. The number of rotatable bonds is 6. The van der Waals surface area contributed by atoms with Gasteiger partial charge in [-0.2, -0.15) is 0 Å². The summed E-state index contributed by atoms with van der Waals surface area (Å²) in [5, 5.41) is 5.54. The number of hydrogen-bond acceptors (Lipinski definition) is 1. The minimum absolute atomic E-state index is 0.160. The van der Waals surface area contributed by atoms with Crippen molar-refractivity contribution in [2.75, 3.05) is 13.1 Å². The summed E-state index contributed by atoms with van der Waals surface area (Å²) in [5.74, 6) is 0.339. The molecule has 0 atom stereocenters. The molecular weight excluding hydrogens is 231 g/mol. The highest BCUT2D eigenvalue weighted by Gasteiger charge is 2.01. The van der Waals surface area contributed by atoms with E-state index in [2.05, 4.69) is 24.5 Å². The van der Waals surface area contributed by atoms with E-state index in [9.17, 15) is 9.18 Å². The molecule has 0 aliphatic rings. The Kier molecular flexibility index (Phi) is 6.19. The predicted octanol–water partition coefficient (Wildman–Crippen LogP) is 2.71. The van der Waals surface area contributed by atoms with Gasteiger partial charge in [0.05, 0.1) is 0 Å². The van der Waals surface area contributed by atoms with Crippen molar-refractivity contribution < 1.29 is 9.18 Å². The Morgan fingerprint density at radius 1 is 1.28 bits per heavy atom. The highest BCUT2D eigenvalue weighted by atomic mass is 19.1. The predicted molar refractivity (Wildman–Crippen MR) is 71.0 cm³/mol. The van der Waals surface area contributed by atoms with Crippen molar-refractivity contribution in [1.82, 2.24) is 10.6 Å². The van der Waals surface area contributed by atoms with Gasteiger partial charge in [0.25, 0.3) is 0 Å². The summed E-state index contributed by atoms with van der Waals surface area (Å²) in [6.45, 7) is 5.42. The summed E-state index contributed by atoms with van der Waals surface area (Å²) in [4.78, 5) is 11.4. The fraction of sp³-hybridized carbons (Fsp3) is 0.500. The van der Waals surface area contributed by atoms with E-state index in [1.165, 1.54) is 12.1 Å². The van der Waals surface area contributed by atoms with Crippen LogP contribution in [0.5, 0.6) is 0 Å². The number of carbonyl (C=O) groups is 1. The SMILES string of the molecule is CC(C)CCNC(=O)NCCc1cccc(F)c1. The second-order valence-electron chi connectivity index (χ2n) is 4.75. The number of nitrogens with one attached hydrogen (secondary N) is 2. The molecule has 0 aliphatic carbocycles. The van der Waals surface area contributed by atoms with E-state index in [-0.39, 0.29) is 11.8 Å². The number of amides is 2. The average molecular weight is 252 g/mol. The molecule has 0 saturated carbocycles. The van der Waals surface area contributed by atoms with Crippen LogP contribution < -0.4 is 10.6 Å². The van der Waals surface area contributed by atoms with Gasteiger partial charge in [0, 0.05) is 13.1 Å². The maximum Gasteiger partial charge on any atom is 0.314 e. The van der Waals surface area contributed by atoms with Crippen LogP contribution in [-0.4, -0.2) is 19.1 Å². The molecule has 18 heavy (non-hydrogen) atoms. The van der Waals surface area contributed by atoms with Gasteiger partial charge < -0.3 is 10.6 Å². The highest BCUT2D eigenvalue weighted by Crippen LogP contribution is 2.03. The number of urea groups is 1. The number of hydrogen-bond donors (Lipinski definition) is 2. The highest BCUT2D eigenvalue weighted by molar-refractivity contribution is 5.73. The number of halogens is 1. The van der Waals surface area contributed by atoms with Crippen LogP contribution >= 0.6 is 0 Å². The van der Waals surface area contributed by atoms with Crippen LogP contribution in [0.15, 0.2) is 24.3 Å². The summed E-state index contributed by atoms with van der Waals surface area (Å²) in [6, 6.07) is 6.26. The zero-order valence-electron chi connectivity index (χ0n) is 11.0. The second kappa shape index (κ2) is 7.69. The summed E-state index contributed by atoms with van der Waals surface area (Å²) < 4.78 is 12.9. The summed E-state index contributed by atoms with van der Waals surface area (Å²) >= 11 is 0. The molecule has 3 nitrogen and oxygen atoms in total. The molecule has 0 aliphatic heterocycles. The Bertz CT molecular complexity index is 380. The van der Waals surface area contributed by atoms with Gasteiger partial charge in [-0.3, -0.25) is 0 Å². The summed E-state index contributed by atoms with van der Waals surface area (Å²) in [7, 11) is 0. The van der Waals surface area contributed by atoms with Gasteiger partial charge in [0.1, 0.15) is 5.82 Å². The zero-order chi connectivity index (χ0) is 13.4. The molecule has 0 aromatic heterocycles. The van der Waals surface area contributed by atoms with Crippen LogP contribution in [0.3, 0.4) is 0 Å². The van der Waals surface area contributed by atoms with Gasteiger partial charge in [-0.25, -0.2) is 9.18 Å². The normalized spacial score (nSPS) is 10.4. The monoisotopic (exact) mass is 252 g/mol. The maximum atomic E-state index is 12.9. The van der Waals surface area contributed by atoms with Gasteiger partial charge in [-0.1, -0.05) is 26.0 Å². The van der Waals surface area contributed by atoms with E-state index < -0.39 is 0 Å². The van der Waals surface area contributed by atoms with E-state index in [4.69, 9.17) is 0 Å². The lowest BCUT2D eigenvalue weighted by atomic mass is 10.1. The Hall–Kier alpha value is -1.58. The van der Waals surface area contributed by atoms with Crippen molar-refractivity contribution in [2.24, 2.45) is 5.92 Å². The number of benzene rings is 1. The molecule has 100 valence electrons. The fourth-order valence-electron chi connectivity index (χ4n) is 1.55. The molecule has 0 saturated heterocycles. The van der Waals surface area contributed by atoms with E-state index in [0.717, 1.165) is 12.0 Å². The molecule has 1 rings (SSSR count). The Morgan fingerprint density at radius 3 is 2.67 bits per heavy atom. The van der Waals surface area contributed by atoms with Gasteiger partial charge in [-0.15, -0.1) is 0 Å². The molecule has 4 heteroatoms. The Morgan fingerprint density at radius 2 is 2.00 bits per heavy atom. The van der Waals surface area contributed by atoms with Crippen molar-refractivity contribution in [3.63, 3.8) is 0 Å². The third-order valence-corrected chi connectivity index (χ3v) is 2.60. The fourth-order valence-corrected chi connectivity index (χ4v) is 1.55. The van der Waals surface area contributed by atoms with Crippen molar-refractivity contribution >= 4 is 6.03 Å². The van der Waals surface area contributed by atoms with Crippen LogP contribution in [-0.2, 0) is 6.42 Å². The third kappa shape index (κ3) is 6.23. The van der Waals surface area contributed by atoms with Crippen molar-refractivity contribution in [3.8, 4) is 0 Å². The minimum Gasteiger partial charge on any atom is -0.338 e. The smallest absolute Gasteiger partial charge is 0.314 e. The van der Waals surface area contributed by atoms with E-state index in [1.54, 1.807) is 6.07 Å². The molecule has 0 fully saturated rings. The minimum atomic E-state index is -0.242. The van der Waals surface area contributed by atoms with Crippen LogP contribution in [0.2, 0.25) is 0 Å². The maximum absolute atomic E-state index is 12.9. The van der Waals surface area contributed by atoms with Crippen molar-refractivity contribution in [2.45, 2.75) is 26.7 Å². The zero-order valence-corrected chi connectivity index (χ0v) is 11.0. The van der Waals surface area contributed by atoms with E-state index in [1.807, 2.05) is 6.07 Å². The van der Waals surface area contributed by atoms with Crippen LogP contribution in [0, 0.1) is 11.7 Å². The number of carbonyl (C=O) groups excluding carboxylic acids is 1. The topological polar surface area (TPSA) is 41.1 Å². The summed E-state index contributed by atoms with van der Waals surface area (Å²) in [6.07, 6.45) is 1.60. The molecule has 1 aromatic rings. The second-order valence-corrected chi connectivity index (χ2v) is 4.75. The quantitative estimate of drug-likeness (QED) is 0.803. The van der Waals surface area contributed by atoms with Crippen molar-refractivity contribution in [1.29, 1.82) is 0 Å². The van der Waals surface area contributed by atoms with Gasteiger partial charge >= 0.3 is 6.03 Å². The largest absolute Gasteiger partial charge is 0.338 e. The van der Waals surface area contributed by atoms with E-state index >= 15 is 0 Å². The molecule has 0 spiro atoms. The van der Waals surface area contributed by atoms with Crippen LogP contribution in [0.4, 0.5) is 9.18 Å². The molecule has 0 unspecified atom stereocenters. The van der Waals surface area contributed by atoms with Gasteiger partial charge in [-0.05, 0) is 36.5 Å². The Balaban J connectivity index is 2.15. The third-order valence-electron chi connectivity index (χ3n) is 2.60. The van der Waals surface area contributed by atoms with Gasteiger partial charge in [0.2, 0.25) is 0 Å². The van der Waals surface area contributed by atoms with E-state index in [0.29, 0.717) is 25.4 Å². The lowest BCUT2D eigenvalue weighted by Crippen LogP contribution is -2.37. The average Bonchev–Trinajstić information content (AvgIpc) is 2.28. The van der Waals surface area contributed by atoms with Gasteiger partial charge in [0.15, 0.2) is 0 Å². The molecule has 2 amide bonds. The van der Waals surface area contributed by atoms with Crippen molar-refractivity contribution in [3.05, 3.63) is 35.6 Å². The molecule has 0 bridgehead atoms. The molecule has 0 radical (unpaired) electrons. The standard InChI is InChI=1S/C14H21FN2O/c1-11(2)6-8-16-14(18)17-9-7-12-4-3-5-13(15)10-12/h3-5,10-11H,6-9H2,1-2H3,(H2,16,17,18). The molecule has 1 aromatic carbocycles. The first-order chi connectivity index (χ1) is 8.58. The first-order valence-electron chi connectivity index (χ1n) is 6.34. The first kappa shape index (κ1) is 14.5. The molecule has 2 N–H and O–H groups in total.